The molecule has 0 unspecified atom stereocenters. The minimum atomic E-state index is -0.468. The molecule has 2 N–H and O–H groups in total. The molecule has 1 aromatic carbocycles. The van der Waals surface area contributed by atoms with Crippen LogP contribution in [0.1, 0.15) is 12.1 Å². The maximum Gasteiger partial charge on any atom is 0.226 e. The van der Waals surface area contributed by atoms with E-state index in [1.54, 1.807) is 6.26 Å². The van der Waals surface area contributed by atoms with E-state index in [9.17, 15) is 5.11 Å². The summed E-state index contributed by atoms with van der Waals surface area (Å²) in [6.07, 6.45) is 2.01. The SMILES string of the molecule is OC[C@H]1CCN(Cc2coc(-c3ccccc3)n2)C[C@H]1O. The van der Waals surface area contributed by atoms with E-state index in [1.807, 2.05) is 30.3 Å². The first-order valence-electron chi connectivity index (χ1n) is 7.27. The monoisotopic (exact) mass is 288 g/mol. The zero-order chi connectivity index (χ0) is 14.7. The standard InChI is InChI=1S/C16H20N2O3/c19-10-13-6-7-18(9-15(13)20)8-14-11-21-16(17-14)12-4-2-1-3-5-12/h1-5,11,13,15,19-20H,6-10H2/t13-,15-/m1/s1. The predicted octanol–water partition coefficient (Wildman–Crippen LogP) is 1.52. The van der Waals surface area contributed by atoms with Gasteiger partial charge in [0, 0.05) is 31.2 Å². The summed E-state index contributed by atoms with van der Waals surface area (Å²) in [5, 5.41) is 19.1. The van der Waals surface area contributed by atoms with Gasteiger partial charge in [0.2, 0.25) is 5.89 Å². The minimum Gasteiger partial charge on any atom is -0.444 e. The molecule has 0 radical (unpaired) electrons. The summed E-state index contributed by atoms with van der Waals surface area (Å²) < 4.78 is 5.52. The van der Waals surface area contributed by atoms with Crippen LogP contribution in [0.25, 0.3) is 11.5 Å². The fourth-order valence-electron chi connectivity index (χ4n) is 2.72. The zero-order valence-electron chi connectivity index (χ0n) is 11.9. The number of aliphatic hydroxyl groups excluding tert-OH is 2. The topological polar surface area (TPSA) is 69.7 Å². The normalized spacial score (nSPS) is 23.3. The average Bonchev–Trinajstić information content (AvgIpc) is 2.97. The zero-order valence-corrected chi connectivity index (χ0v) is 11.9. The Morgan fingerprint density at radius 3 is 2.81 bits per heavy atom. The fourth-order valence-corrected chi connectivity index (χ4v) is 2.72. The molecule has 0 aliphatic carbocycles. The molecule has 1 aromatic heterocycles. The van der Waals surface area contributed by atoms with Crippen molar-refractivity contribution in [3.63, 3.8) is 0 Å². The van der Waals surface area contributed by atoms with Crippen molar-refractivity contribution >= 4 is 0 Å². The van der Waals surface area contributed by atoms with Gasteiger partial charge in [-0.2, -0.15) is 0 Å². The van der Waals surface area contributed by atoms with E-state index in [-0.39, 0.29) is 12.5 Å². The molecule has 0 spiro atoms. The third kappa shape index (κ3) is 3.32. The average molecular weight is 288 g/mol. The summed E-state index contributed by atoms with van der Waals surface area (Å²) in [6.45, 7) is 2.14. The Bertz CT molecular complexity index is 570. The lowest BCUT2D eigenvalue weighted by Gasteiger charge is -2.34. The van der Waals surface area contributed by atoms with Gasteiger partial charge in [-0.1, -0.05) is 18.2 Å². The van der Waals surface area contributed by atoms with Crippen molar-refractivity contribution in [2.24, 2.45) is 5.92 Å². The fraction of sp³-hybridized carbons (Fsp3) is 0.438. The molecule has 21 heavy (non-hydrogen) atoms. The Balaban J connectivity index is 1.63. The Hall–Kier alpha value is -1.69. The van der Waals surface area contributed by atoms with E-state index in [1.165, 1.54) is 0 Å². The van der Waals surface area contributed by atoms with E-state index in [0.29, 0.717) is 19.0 Å². The van der Waals surface area contributed by atoms with Crippen LogP contribution >= 0.6 is 0 Å². The van der Waals surface area contributed by atoms with Crippen LogP contribution in [0.15, 0.2) is 41.0 Å². The number of nitrogens with zero attached hydrogens (tertiary/aromatic N) is 2. The van der Waals surface area contributed by atoms with Gasteiger partial charge in [-0.05, 0) is 25.1 Å². The van der Waals surface area contributed by atoms with Crippen LogP contribution in [-0.2, 0) is 6.54 Å². The van der Waals surface area contributed by atoms with Gasteiger partial charge in [-0.15, -0.1) is 0 Å². The number of hydrogen-bond donors (Lipinski definition) is 2. The van der Waals surface area contributed by atoms with Crippen LogP contribution in [0.2, 0.25) is 0 Å². The van der Waals surface area contributed by atoms with Gasteiger partial charge in [0.25, 0.3) is 0 Å². The highest BCUT2D eigenvalue weighted by molar-refractivity contribution is 5.52. The van der Waals surface area contributed by atoms with Gasteiger partial charge < -0.3 is 14.6 Å². The van der Waals surface area contributed by atoms with E-state index < -0.39 is 6.10 Å². The molecular formula is C16H20N2O3. The molecule has 3 rings (SSSR count). The molecule has 2 heterocycles. The van der Waals surface area contributed by atoms with Crippen LogP contribution in [-0.4, -0.2) is 45.9 Å². The van der Waals surface area contributed by atoms with E-state index in [4.69, 9.17) is 9.52 Å². The molecule has 5 nitrogen and oxygen atoms in total. The lowest BCUT2D eigenvalue weighted by molar-refractivity contribution is -0.00479. The number of benzene rings is 1. The minimum absolute atomic E-state index is 0.00145. The maximum absolute atomic E-state index is 9.96. The van der Waals surface area contributed by atoms with E-state index >= 15 is 0 Å². The Morgan fingerprint density at radius 1 is 1.29 bits per heavy atom. The first-order chi connectivity index (χ1) is 10.3. The number of piperidine rings is 1. The number of β-amino-alcohol motifs (C(OH)–C–C–N with tert-alkyl or cyclic N) is 1. The van der Waals surface area contributed by atoms with Gasteiger partial charge in [0.1, 0.15) is 6.26 Å². The molecule has 1 aliphatic rings. The molecule has 112 valence electrons. The van der Waals surface area contributed by atoms with Gasteiger partial charge >= 0.3 is 0 Å². The molecule has 1 fully saturated rings. The summed E-state index contributed by atoms with van der Waals surface area (Å²) in [7, 11) is 0. The number of rotatable bonds is 4. The highest BCUT2D eigenvalue weighted by atomic mass is 16.3. The van der Waals surface area contributed by atoms with Crippen LogP contribution in [0.3, 0.4) is 0 Å². The van der Waals surface area contributed by atoms with Crippen molar-refractivity contribution in [1.29, 1.82) is 0 Å². The molecule has 1 saturated heterocycles. The first kappa shape index (κ1) is 14.3. The second kappa shape index (κ2) is 6.39. The Kier molecular flexibility index (Phi) is 4.34. The van der Waals surface area contributed by atoms with Gasteiger partial charge in [0.05, 0.1) is 11.8 Å². The largest absolute Gasteiger partial charge is 0.444 e. The van der Waals surface area contributed by atoms with E-state index in [0.717, 1.165) is 24.2 Å². The third-order valence-corrected chi connectivity index (χ3v) is 4.00. The van der Waals surface area contributed by atoms with Crippen LogP contribution < -0.4 is 0 Å². The van der Waals surface area contributed by atoms with Crippen molar-refractivity contribution in [2.45, 2.75) is 19.1 Å². The van der Waals surface area contributed by atoms with Crippen molar-refractivity contribution in [2.75, 3.05) is 19.7 Å². The first-order valence-corrected chi connectivity index (χ1v) is 7.27. The number of aliphatic hydroxyl groups is 2. The summed E-state index contributed by atoms with van der Waals surface area (Å²) in [5.41, 5.74) is 1.83. The third-order valence-electron chi connectivity index (χ3n) is 4.00. The van der Waals surface area contributed by atoms with Crippen molar-refractivity contribution in [3.05, 3.63) is 42.3 Å². The molecule has 1 aliphatic heterocycles. The summed E-state index contributed by atoms with van der Waals surface area (Å²) in [6, 6.07) is 9.79. The van der Waals surface area contributed by atoms with Crippen LogP contribution in [0.4, 0.5) is 0 Å². The predicted molar refractivity (Wildman–Crippen MR) is 78.4 cm³/mol. The highest BCUT2D eigenvalue weighted by Gasteiger charge is 2.27. The lowest BCUT2D eigenvalue weighted by Crippen LogP contribution is -2.44. The second-order valence-corrected chi connectivity index (χ2v) is 5.54. The van der Waals surface area contributed by atoms with Crippen LogP contribution in [0, 0.1) is 5.92 Å². The molecule has 0 amide bonds. The van der Waals surface area contributed by atoms with Gasteiger partial charge in [0.15, 0.2) is 0 Å². The highest BCUT2D eigenvalue weighted by Crippen LogP contribution is 2.21. The molecule has 5 heteroatoms. The quantitative estimate of drug-likeness (QED) is 0.892. The smallest absolute Gasteiger partial charge is 0.226 e. The van der Waals surface area contributed by atoms with Crippen molar-refractivity contribution in [1.82, 2.24) is 9.88 Å². The van der Waals surface area contributed by atoms with Crippen molar-refractivity contribution < 1.29 is 14.6 Å². The lowest BCUT2D eigenvalue weighted by atomic mass is 9.95. The number of hydrogen-bond acceptors (Lipinski definition) is 5. The summed E-state index contributed by atoms with van der Waals surface area (Å²) in [4.78, 5) is 6.64. The number of aromatic nitrogens is 1. The Morgan fingerprint density at radius 2 is 2.10 bits per heavy atom. The number of oxazole rings is 1. The summed E-state index contributed by atoms with van der Waals surface area (Å²) in [5.74, 6) is 0.620. The Labute approximate surface area is 123 Å². The van der Waals surface area contributed by atoms with E-state index in [2.05, 4.69) is 9.88 Å². The second-order valence-electron chi connectivity index (χ2n) is 5.54. The summed E-state index contributed by atoms with van der Waals surface area (Å²) >= 11 is 0. The molecule has 0 bridgehead atoms. The van der Waals surface area contributed by atoms with Crippen molar-refractivity contribution in [3.8, 4) is 11.5 Å². The van der Waals surface area contributed by atoms with Crippen LogP contribution in [0.5, 0.6) is 0 Å². The molecular weight excluding hydrogens is 268 g/mol. The number of likely N-dealkylation sites (tertiary alicyclic amines) is 1. The van der Waals surface area contributed by atoms with Gasteiger partial charge in [-0.25, -0.2) is 4.98 Å². The molecule has 0 saturated carbocycles. The van der Waals surface area contributed by atoms with Gasteiger partial charge in [-0.3, -0.25) is 4.90 Å². The molecule has 2 aromatic rings. The molecule has 2 atom stereocenters. The maximum atomic E-state index is 9.96.